The fourth-order valence-corrected chi connectivity index (χ4v) is 2.47. The van der Waals surface area contributed by atoms with Gasteiger partial charge in [-0.05, 0) is 31.2 Å². The topological polar surface area (TPSA) is 77.0 Å². The summed E-state index contributed by atoms with van der Waals surface area (Å²) in [5.74, 6) is -0.992. The van der Waals surface area contributed by atoms with Crippen LogP contribution >= 0.6 is 0 Å². The summed E-state index contributed by atoms with van der Waals surface area (Å²) < 4.78 is 0. The van der Waals surface area contributed by atoms with Crippen molar-refractivity contribution in [3.8, 4) is 0 Å². The molecule has 1 aromatic carbocycles. The van der Waals surface area contributed by atoms with Crippen LogP contribution in [-0.2, 0) is 4.79 Å². The Hall–Kier alpha value is -1.39. The minimum absolute atomic E-state index is 0.140. The van der Waals surface area contributed by atoms with E-state index in [1.54, 1.807) is 0 Å². The van der Waals surface area contributed by atoms with Crippen LogP contribution in [0.3, 0.4) is 0 Å². The van der Waals surface area contributed by atoms with E-state index in [1.165, 1.54) is 6.42 Å². The maximum atomic E-state index is 10.2. The quantitative estimate of drug-likeness (QED) is 0.854. The van der Waals surface area contributed by atoms with Gasteiger partial charge in [0.2, 0.25) is 0 Å². The molecule has 118 valence electrons. The molecular formula is C17H27NO3. The van der Waals surface area contributed by atoms with Crippen LogP contribution in [0.1, 0.15) is 50.7 Å². The van der Waals surface area contributed by atoms with Crippen LogP contribution in [0.4, 0.5) is 0 Å². The fourth-order valence-electron chi connectivity index (χ4n) is 2.47. The summed E-state index contributed by atoms with van der Waals surface area (Å²) in [4.78, 5) is 10.2. The molecule has 3 N–H and O–H groups in total. The molecule has 21 heavy (non-hydrogen) atoms. The molecule has 0 amide bonds. The van der Waals surface area contributed by atoms with Crippen molar-refractivity contribution in [3.63, 3.8) is 0 Å². The largest absolute Gasteiger partial charge is 0.550 e. The molecule has 0 unspecified atom stereocenters. The van der Waals surface area contributed by atoms with Crippen molar-refractivity contribution < 1.29 is 20.3 Å². The number of benzene rings is 1. The summed E-state index contributed by atoms with van der Waals surface area (Å²) in [6.07, 6.45) is 4.64. The Labute approximate surface area is 127 Å². The van der Waals surface area contributed by atoms with E-state index in [1.807, 2.05) is 49.6 Å². The lowest BCUT2D eigenvalue weighted by atomic mass is 9.90. The summed E-state index contributed by atoms with van der Waals surface area (Å²) in [6, 6.07) is 9.96. The number of carboxylic acids is 1. The van der Waals surface area contributed by atoms with Gasteiger partial charge in [-0.3, -0.25) is 0 Å². The molecule has 0 bridgehead atoms. The molecule has 1 saturated carbocycles. The molecule has 2 rings (SSSR count). The van der Waals surface area contributed by atoms with Gasteiger partial charge >= 0.3 is 0 Å². The second kappa shape index (κ2) is 9.53. The van der Waals surface area contributed by atoms with E-state index < -0.39 is 5.97 Å². The minimum atomic E-state index is -0.852. The van der Waals surface area contributed by atoms with Crippen LogP contribution < -0.4 is 10.4 Å². The first-order chi connectivity index (χ1) is 10.1. The first-order valence-corrected chi connectivity index (χ1v) is 7.79. The highest BCUT2D eigenvalue weighted by molar-refractivity contribution is 5.67. The lowest BCUT2D eigenvalue weighted by molar-refractivity contribution is -0.669. The van der Waals surface area contributed by atoms with Crippen LogP contribution in [0.5, 0.6) is 0 Å². The number of hydrogen-bond donors (Lipinski definition) is 2. The Balaban J connectivity index is 0.000000219. The van der Waals surface area contributed by atoms with Crippen molar-refractivity contribution in [2.45, 2.75) is 51.2 Å². The van der Waals surface area contributed by atoms with Gasteiger partial charge in [-0.25, -0.2) is 0 Å². The second-order valence-electron chi connectivity index (χ2n) is 5.70. The number of carboxylic acid groups (broad SMARTS) is 1. The van der Waals surface area contributed by atoms with E-state index in [-0.39, 0.29) is 18.1 Å². The number of likely N-dealkylation sites (N-methyl/N-ethyl adjacent to an activating group) is 1. The van der Waals surface area contributed by atoms with E-state index in [9.17, 15) is 15.0 Å². The molecule has 4 nitrogen and oxygen atoms in total. The van der Waals surface area contributed by atoms with Crippen molar-refractivity contribution in [1.82, 2.24) is 0 Å². The Morgan fingerprint density at radius 2 is 1.81 bits per heavy atom. The summed E-state index contributed by atoms with van der Waals surface area (Å²) in [7, 11) is 1.97. The SMILES string of the molecule is C[NH2+][C@H](C)[C@@H](O)c1ccccc1.O=C([O-])C1CCCCC1. The normalized spacial score (nSPS) is 18.2. The third kappa shape index (κ3) is 6.27. The van der Waals surface area contributed by atoms with Gasteiger partial charge in [-0.15, -0.1) is 0 Å². The van der Waals surface area contributed by atoms with Gasteiger partial charge in [0.15, 0.2) is 0 Å². The molecule has 0 spiro atoms. The van der Waals surface area contributed by atoms with E-state index in [4.69, 9.17) is 0 Å². The molecular weight excluding hydrogens is 266 g/mol. The summed E-state index contributed by atoms with van der Waals surface area (Å²) >= 11 is 0. The zero-order valence-corrected chi connectivity index (χ0v) is 13.0. The van der Waals surface area contributed by atoms with Crippen LogP contribution in [0.15, 0.2) is 30.3 Å². The van der Waals surface area contributed by atoms with Gasteiger partial charge in [-0.2, -0.15) is 0 Å². The molecule has 1 aliphatic rings. The molecule has 0 aliphatic heterocycles. The Bertz CT molecular complexity index is 402. The average molecular weight is 293 g/mol. The van der Waals surface area contributed by atoms with Gasteiger partial charge in [0.05, 0.1) is 7.05 Å². The highest BCUT2D eigenvalue weighted by Gasteiger charge is 2.16. The molecule has 0 radical (unpaired) electrons. The van der Waals surface area contributed by atoms with Crippen molar-refractivity contribution in [2.75, 3.05) is 7.05 Å². The Morgan fingerprint density at radius 3 is 2.24 bits per heavy atom. The predicted octanol–water partition coefficient (Wildman–Crippen LogP) is 0.618. The number of carbonyl (C=O) groups is 1. The lowest BCUT2D eigenvalue weighted by Crippen LogP contribution is -2.86. The highest BCUT2D eigenvalue weighted by Crippen LogP contribution is 2.22. The number of aliphatic carboxylic acids is 1. The maximum absolute atomic E-state index is 10.2. The van der Waals surface area contributed by atoms with Crippen molar-refractivity contribution in [3.05, 3.63) is 35.9 Å². The summed E-state index contributed by atoms with van der Waals surface area (Å²) in [5.41, 5.74) is 0.989. The third-order valence-electron chi connectivity index (χ3n) is 4.10. The number of rotatable bonds is 4. The van der Waals surface area contributed by atoms with Crippen LogP contribution in [0.25, 0.3) is 0 Å². The Morgan fingerprint density at radius 1 is 1.24 bits per heavy atom. The molecule has 1 aliphatic carbocycles. The van der Waals surface area contributed by atoms with Crippen LogP contribution in [-0.4, -0.2) is 24.2 Å². The first-order valence-electron chi connectivity index (χ1n) is 7.79. The number of aliphatic hydroxyl groups excluding tert-OH is 1. The summed E-state index contributed by atoms with van der Waals surface area (Å²) in [5, 5.41) is 22.0. The molecule has 1 aromatic rings. The van der Waals surface area contributed by atoms with Crippen molar-refractivity contribution >= 4 is 5.97 Å². The minimum Gasteiger partial charge on any atom is -0.550 e. The van der Waals surface area contributed by atoms with Crippen LogP contribution in [0.2, 0.25) is 0 Å². The molecule has 2 atom stereocenters. The summed E-state index contributed by atoms with van der Waals surface area (Å²) in [6.45, 7) is 2.01. The van der Waals surface area contributed by atoms with E-state index in [2.05, 4.69) is 0 Å². The van der Waals surface area contributed by atoms with Gasteiger partial charge in [0.25, 0.3) is 0 Å². The van der Waals surface area contributed by atoms with Gasteiger partial charge in [0.1, 0.15) is 12.1 Å². The van der Waals surface area contributed by atoms with E-state index >= 15 is 0 Å². The molecule has 0 saturated heterocycles. The molecule has 0 heterocycles. The van der Waals surface area contributed by atoms with Crippen molar-refractivity contribution in [2.24, 2.45) is 5.92 Å². The zero-order chi connectivity index (χ0) is 15.7. The molecule has 4 heteroatoms. The number of nitrogens with two attached hydrogens (primary N) is 1. The van der Waals surface area contributed by atoms with Crippen LogP contribution in [0, 0.1) is 5.92 Å². The van der Waals surface area contributed by atoms with Gasteiger partial charge in [-0.1, -0.05) is 49.6 Å². The van der Waals surface area contributed by atoms with Crippen molar-refractivity contribution in [1.29, 1.82) is 0 Å². The highest BCUT2D eigenvalue weighted by atomic mass is 16.4. The van der Waals surface area contributed by atoms with Gasteiger partial charge in [0, 0.05) is 5.97 Å². The zero-order valence-electron chi connectivity index (χ0n) is 13.0. The fraction of sp³-hybridized carbons (Fsp3) is 0.588. The third-order valence-corrected chi connectivity index (χ3v) is 4.10. The Kier molecular flexibility index (Phi) is 8.01. The maximum Gasteiger partial charge on any atom is 0.130 e. The standard InChI is InChI=1S/C10H15NO.C7H12O2/c1-8(11-2)10(12)9-6-4-3-5-7-9;8-7(9)6-4-2-1-3-5-6/h3-8,10-12H,1-2H3;6H,1-5H2,(H,8,9)/t8-,10-;/m1./s1. The van der Waals surface area contributed by atoms with E-state index in [0.717, 1.165) is 31.2 Å². The van der Waals surface area contributed by atoms with Gasteiger partial charge < -0.3 is 20.3 Å². The number of aliphatic hydroxyl groups is 1. The molecule has 0 aromatic heterocycles. The number of quaternary nitrogens is 1. The monoisotopic (exact) mass is 293 g/mol. The number of hydrogen-bond acceptors (Lipinski definition) is 3. The first kappa shape index (κ1) is 17.7. The second-order valence-corrected chi connectivity index (χ2v) is 5.70. The average Bonchev–Trinajstić information content (AvgIpc) is 2.55. The van der Waals surface area contributed by atoms with E-state index in [0.29, 0.717) is 0 Å². The predicted molar refractivity (Wildman–Crippen MR) is 80.3 cm³/mol. The molecule has 1 fully saturated rings. The number of carbonyl (C=O) groups excluding carboxylic acids is 1. The smallest absolute Gasteiger partial charge is 0.130 e. The lowest BCUT2D eigenvalue weighted by Gasteiger charge is -2.21.